The van der Waals surface area contributed by atoms with Gasteiger partial charge in [-0.3, -0.25) is 4.79 Å². The Morgan fingerprint density at radius 1 is 1.30 bits per heavy atom. The maximum Gasteiger partial charge on any atom is 0.321 e. The van der Waals surface area contributed by atoms with Crippen LogP contribution in [0.2, 0.25) is 0 Å². The summed E-state index contributed by atoms with van der Waals surface area (Å²) in [5.41, 5.74) is -0.707. The lowest BCUT2D eigenvalue weighted by Gasteiger charge is -2.21. The summed E-state index contributed by atoms with van der Waals surface area (Å²) < 4.78 is 10.7. The molecule has 1 saturated heterocycles. The molecule has 0 unspecified atom stereocenters. The summed E-state index contributed by atoms with van der Waals surface area (Å²) in [5.74, 6) is 0.845. The number of aromatic nitrogens is 2. The Bertz CT molecular complexity index is 474. The third-order valence-electron chi connectivity index (χ3n) is 4.34. The van der Waals surface area contributed by atoms with Gasteiger partial charge in [-0.15, -0.1) is 0 Å². The largest absolute Gasteiger partial charge is 0.465 e. The van der Waals surface area contributed by atoms with Crippen molar-refractivity contribution in [1.82, 2.24) is 10.1 Å². The average Bonchev–Trinajstić information content (AvgIpc) is 3.19. The first-order chi connectivity index (χ1) is 9.76. The summed E-state index contributed by atoms with van der Waals surface area (Å²) in [7, 11) is 0. The highest BCUT2D eigenvalue weighted by Crippen LogP contribution is 2.42. The smallest absolute Gasteiger partial charge is 0.321 e. The second-order valence-electron chi connectivity index (χ2n) is 5.60. The van der Waals surface area contributed by atoms with Crippen LogP contribution >= 0.6 is 0 Å². The Kier molecular flexibility index (Phi) is 3.63. The predicted molar refractivity (Wildman–Crippen MR) is 72.5 cm³/mol. The van der Waals surface area contributed by atoms with Gasteiger partial charge in [0.25, 0.3) is 5.95 Å². The molecule has 1 aliphatic heterocycles. The standard InChI is InChI=1S/C14H21N3O3/c1-2-19-12(18)14(7-3-4-8-14)11-15-13(16-20-11)17-9-5-6-10-17/h2-10H2,1H3. The van der Waals surface area contributed by atoms with Crippen molar-refractivity contribution in [2.75, 3.05) is 24.6 Å². The number of ether oxygens (including phenoxy) is 1. The number of esters is 1. The molecule has 3 rings (SSSR count). The van der Waals surface area contributed by atoms with E-state index in [1.807, 2.05) is 6.92 Å². The maximum absolute atomic E-state index is 12.3. The van der Waals surface area contributed by atoms with E-state index in [9.17, 15) is 4.79 Å². The van der Waals surface area contributed by atoms with E-state index in [2.05, 4.69) is 15.0 Å². The summed E-state index contributed by atoms with van der Waals surface area (Å²) >= 11 is 0. The molecule has 0 bridgehead atoms. The van der Waals surface area contributed by atoms with E-state index < -0.39 is 5.41 Å². The molecular weight excluding hydrogens is 258 g/mol. The molecule has 0 radical (unpaired) electrons. The Labute approximate surface area is 118 Å². The Hall–Kier alpha value is -1.59. The van der Waals surface area contributed by atoms with Crippen LogP contribution in [0.25, 0.3) is 0 Å². The van der Waals surface area contributed by atoms with Gasteiger partial charge in [-0.2, -0.15) is 4.98 Å². The number of hydrogen-bond acceptors (Lipinski definition) is 6. The minimum Gasteiger partial charge on any atom is -0.465 e. The second kappa shape index (κ2) is 5.42. The molecule has 1 aliphatic carbocycles. The van der Waals surface area contributed by atoms with Gasteiger partial charge in [0, 0.05) is 13.1 Å². The van der Waals surface area contributed by atoms with Crippen molar-refractivity contribution in [3.8, 4) is 0 Å². The zero-order valence-corrected chi connectivity index (χ0v) is 11.9. The predicted octanol–water partition coefficient (Wildman–Crippen LogP) is 2.04. The van der Waals surface area contributed by atoms with Crippen LogP contribution in [0.1, 0.15) is 51.3 Å². The molecular formula is C14H21N3O3. The van der Waals surface area contributed by atoms with E-state index in [0.29, 0.717) is 18.4 Å². The van der Waals surface area contributed by atoms with Gasteiger partial charge in [0.05, 0.1) is 6.61 Å². The lowest BCUT2D eigenvalue weighted by atomic mass is 9.86. The molecule has 20 heavy (non-hydrogen) atoms. The highest BCUT2D eigenvalue weighted by Gasteiger charge is 2.49. The third kappa shape index (κ3) is 2.17. The molecule has 6 heteroatoms. The van der Waals surface area contributed by atoms with Crippen LogP contribution in [0.3, 0.4) is 0 Å². The molecule has 2 aliphatic rings. The zero-order chi connectivity index (χ0) is 14.0. The van der Waals surface area contributed by atoms with Crippen molar-refractivity contribution in [2.45, 2.75) is 50.9 Å². The fraction of sp³-hybridized carbons (Fsp3) is 0.786. The van der Waals surface area contributed by atoms with E-state index >= 15 is 0 Å². The first kappa shape index (κ1) is 13.4. The number of nitrogens with zero attached hydrogens (tertiary/aromatic N) is 3. The molecule has 0 N–H and O–H groups in total. The first-order valence-electron chi connectivity index (χ1n) is 7.52. The van der Waals surface area contributed by atoms with Gasteiger partial charge < -0.3 is 14.2 Å². The van der Waals surface area contributed by atoms with Gasteiger partial charge >= 0.3 is 5.97 Å². The van der Waals surface area contributed by atoms with Gasteiger partial charge in [-0.1, -0.05) is 12.8 Å². The zero-order valence-electron chi connectivity index (χ0n) is 11.9. The van der Waals surface area contributed by atoms with Crippen LogP contribution in [0.4, 0.5) is 5.95 Å². The van der Waals surface area contributed by atoms with Crippen LogP contribution in [0, 0.1) is 0 Å². The molecule has 6 nitrogen and oxygen atoms in total. The highest BCUT2D eigenvalue weighted by atomic mass is 16.5. The van der Waals surface area contributed by atoms with Crippen molar-refractivity contribution in [2.24, 2.45) is 0 Å². The maximum atomic E-state index is 12.3. The van der Waals surface area contributed by atoms with Crippen LogP contribution < -0.4 is 4.90 Å². The van der Waals surface area contributed by atoms with Gasteiger partial charge in [0.2, 0.25) is 5.89 Å². The van der Waals surface area contributed by atoms with Crippen LogP contribution in [0.15, 0.2) is 4.52 Å². The molecule has 2 heterocycles. The summed E-state index contributed by atoms with van der Waals surface area (Å²) in [5, 5.41) is 4.06. The molecule has 1 saturated carbocycles. The van der Waals surface area contributed by atoms with Crippen molar-refractivity contribution < 1.29 is 14.1 Å². The molecule has 1 aromatic heterocycles. The minimum absolute atomic E-state index is 0.214. The summed E-state index contributed by atoms with van der Waals surface area (Å²) in [6.07, 6.45) is 5.81. The minimum atomic E-state index is -0.707. The quantitative estimate of drug-likeness (QED) is 0.786. The van der Waals surface area contributed by atoms with E-state index in [4.69, 9.17) is 9.26 Å². The van der Waals surface area contributed by atoms with Crippen LogP contribution in [0.5, 0.6) is 0 Å². The van der Waals surface area contributed by atoms with Gasteiger partial charge in [0.1, 0.15) is 5.41 Å². The van der Waals surface area contributed by atoms with E-state index in [1.54, 1.807) is 0 Å². The first-order valence-corrected chi connectivity index (χ1v) is 7.52. The molecule has 0 aromatic carbocycles. The second-order valence-corrected chi connectivity index (χ2v) is 5.60. The van der Waals surface area contributed by atoms with Gasteiger partial charge in [-0.05, 0) is 37.8 Å². The number of rotatable bonds is 4. The molecule has 110 valence electrons. The van der Waals surface area contributed by atoms with Gasteiger partial charge in [0.15, 0.2) is 0 Å². The number of carbonyl (C=O) groups excluding carboxylic acids is 1. The SMILES string of the molecule is CCOC(=O)C1(c2nc(N3CCCC3)no2)CCCC1. The fourth-order valence-electron chi connectivity index (χ4n) is 3.21. The van der Waals surface area contributed by atoms with E-state index in [-0.39, 0.29) is 5.97 Å². The van der Waals surface area contributed by atoms with Crippen LogP contribution in [-0.2, 0) is 14.9 Å². The third-order valence-corrected chi connectivity index (χ3v) is 4.34. The summed E-state index contributed by atoms with van der Waals surface area (Å²) in [6.45, 7) is 4.13. The number of anilines is 1. The topological polar surface area (TPSA) is 68.5 Å². The molecule has 0 spiro atoms. The highest BCUT2D eigenvalue weighted by molar-refractivity contribution is 5.82. The molecule has 1 aromatic rings. The summed E-state index contributed by atoms with van der Waals surface area (Å²) in [6, 6.07) is 0. The Morgan fingerprint density at radius 2 is 2.00 bits per heavy atom. The molecule has 0 atom stereocenters. The monoisotopic (exact) mass is 279 g/mol. The number of carbonyl (C=O) groups is 1. The molecule has 2 fully saturated rings. The lowest BCUT2D eigenvalue weighted by molar-refractivity contribution is -0.151. The average molecular weight is 279 g/mol. The van der Waals surface area contributed by atoms with Crippen molar-refractivity contribution >= 4 is 11.9 Å². The fourth-order valence-corrected chi connectivity index (χ4v) is 3.21. The van der Waals surface area contributed by atoms with Crippen LogP contribution in [-0.4, -0.2) is 35.8 Å². The Morgan fingerprint density at radius 3 is 2.65 bits per heavy atom. The lowest BCUT2D eigenvalue weighted by Crippen LogP contribution is -2.35. The van der Waals surface area contributed by atoms with Crippen molar-refractivity contribution in [3.63, 3.8) is 0 Å². The Balaban J connectivity index is 1.86. The van der Waals surface area contributed by atoms with Crippen molar-refractivity contribution in [1.29, 1.82) is 0 Å². The van der Waals surface area contributed by atoms with E-state index in [1.165, 1.54) is 0 Å². The molecule has 0 amide bonds. The summed E-state index contributed by atoms with van der Waals surface area (Å²) in [4.78, 5) is 18.9. The number of hydrogen-bond donors (Lipinski definition) is 0. The van der Waals surface area contributed by atoms with Gasteiger partial charge in [-0.25, -0.2) is 0 Å². The normalized spacial score (nSPS) is 21.4. The van der Waals surface area contributed by atoms with E-state index in [0.717, 1.165) is 51.6 Å². The van der Waals surface area contributed by atoms with Crippen molar-refractivity contribution in [3.05, 3.63) is 5.89 Å².